The SMILES string of the molecule is NCCCCCCN.O=C(O)c1cccc(C(=O)O)c1.O=C1CCCCCN1. The highest BCUT2D eigenvalue weighted by molar-refractivity contribution is 5.93. The molecule has 0 unspecified atom stereocenters. The van der Waals surface area contributed by atoms with Gasteiger partial charge in [0.15, 0.2) is 0 Å². The van der Waals surface area contributed by atoms with Crippen LogP contribution >= 0.6 is 0 Å². The van der Waals surface area contributed by atoms with E-state index in [0.29, 0.717) is 0 Å². The maximum atomic E-state index is 10.6. The molecule has 8 nitrogen and oxygen atoms in total. The number of unbranched alkanes of at least 4 members (excludes halogenated alkanes) is 3. The summed E-state index contributed by atoms with van der Waals surface area (Å²) in [5.74, 6) is -2.03. The molecular weight excluding hydrogens is 362 g/mol. The molecule has 0 aromatic heterocycles. The highest BCUT2D eigenvalue weighted by atomic mass is 16.4. The number of aromatic carboxylic acids is 2. The molecule has 0 atom stereocenters. The molecular formula is C20H33N3O5. The van der Waals surface area contributed by atoms with E-state index in [-0.39, 0.29) is 17.0 Å². The summed E-state index contributed by atoms with van der Waals surface area (Å²) in [6, 6.07) is 5.20. The zero-order valence-electron chi connectivity index (χ0n) is 16.4. The quantitative estimate of drug-likeness (QED) is 0.443. The van der Waals surface area contributed by atoms with Crippen molar-refractivity contribution in [3.05, 3.63) is 35.4 Å². The van der Waals surface area contributed by atoms with Crippen molar-refractivity contribution in [1.82, 2.24) is 5.32 Å². The number of amides is 1. The predicted molar refractivity (Wildman–Crippen MR) is 108 cm³/mol. The summed E-state index contributed by atoms with van der Waals surface area (Å²) in [5, 5.41) is 19.8. The minimum Gasteiger partial charge on any atom is -0.478 e. The highest BCUT2D eigenvalue weighted by Crippen LogP contribution is 2.04. The Morgan fingerprint density at radius 1 is 0.893 bits per heavy atom. The number of nitrogens with two attached hydrogens (primary N) is 2. The Kier molecular flexibility index (Phi) is 15.2. The molecule has 2 rings (SSSR count). The summed E-state index contributed by atoms with van der Waals surface area (Å²) >= 11 is 0. The summed E-state index contributed by atoms with van der Waals surface area (Å²) in [6.07, 6.45) is 8.97. The number of hydrogen-bond acceptors (Lipinski definition) is 5. The monoisotopic (exact) mass is 395 g/mol. The van der Waals surface area contributed by atoms with Crippen molar-refractivity contribution in [1.29, 1.82) is 0 Å². The van der Waals surface area contributed by atoms with E-state index < -0.39 is 11.9 Å². The van der Waals surface area contributed by atoms with Gasteiger partial charge in [0.05, 0.1) is 11.1 Å². The van der Waals surface area contributed by atoms with Gasteiger partial charge in [0.1, 0.15) is 0 Å². The molecule has 1 saturated heterocycles. The number of carboxylic acid groups (broad SMARTS) is 2. The normalized spacial score (nSPS) is 13.0. The highest BCUT2D eigenvalue weighted by Gasteiger charge is 2.06. The smallest absolute Gasteiger partial charge is 0.335 e. The first kappa shape index (κ1) is 25.6. The summed E-state index contributed by atoms with van der Waals surface area (Å²) < 4.78 is 0. The van der Waals surface area contributed by atoms with E-state index in [1.807, 2.05) is 0 Å². The predicted octanol–water partition coefficient (Wildman–Crippen LogP) is 2.22. The molecule has 0 spiro atoms. The Balaban J connectivity index is 0.000000405. The van der Waals surface area contributed by atoms with Crippen molar-refractivity contribution in [2.45, 2.75) is 51.4 Å². The van der Waals surface area contributed by atoms with Crippen LogP contribution in [0.15, 0.2) is 24.3 Å². The molecule has 0 saturated carbocycles. The Morgan fingerprint density at radius 2 is 1.43 bits per heavy atom. The largest absolute Gasteiger partial charge is 0.478 e. The lowest BCUT2D eigenvalue weighted by Gasteiger charge is -1.95. The topological polar surface area (TPSA) is 156 Å². The van der Waals surface area contributed by atoms with Crippen LogP contribution in [0, 0.1) is 0 Å². The van der Waals surface area contributed by atoms with Crippen LogP contribution < -0.4 is 16.8 Å². The molecule has 28 heavy (non-hydrogen) atoms. The van der Waals surface area contributed by atoms with Gasteiger partial charge in [-0.3, -0.25) is 4.79 Å². The molecule has 8 heteroatoms. The fourth-order valence-electron chi connectivity index (χ4n) is 2.33. The van der Waals surface area contributed by atoms with Gasteiger partial charge in [0.25, 0.3) is 0 Å². The standard InChI is InChI=1S/C8H6O4.C6H16N2.C6H11NO/c9-7(10)5-2-1-3-6(4-5)8(11)12;7-5-3-1-2-4-6-8;8-6-4-2-1-3-5-7-6/h1-4H,(H,9,10)(H,11,12);1-8H2;1-5H2,(H,7,8). The molecule has 0 aliphatic carbocycles. The van der Waals surface area contributed by atoms with Crippen molar-refractivity contribution in [2.75, 3.05) is 19.6 Å². The van der Waals surface area contributed by atoms with E-state index in [4.69, 9.17) is 21.7 Å². The molecule has 7 N–H and O–H groups in total. The summed E-state index contributed by atoms with van der Waals surface area (Å²) in [6.45, 7) is 2.54. The van der Waals surface area contributed by atoms with Crippen LogP contribution in [0.2, 0.25) is 0 Å². The molecule has 1 aromatic rings. The van der Waals surface area contributed by atoms with Gasteiger partial charge in [-0.15, -0.1) is 0 Å². The second-order valence-corrected chi connectivity index (χ2v) is 6.34. The van der Waals surface area contributed by atoms with E-state index in [2.05, 4.69) is 5.32 Å². The fraction of sp³-hybridized carbons (Fsp3) is 0.550. The second kappa shape index (κ2) is 16.7. The van der Waals surface area contributed by atoms with Gasteiger partial charge in [-0.2, -0.15) is 0 Å². The minimum atomic E-state index is -1.13. The number of rotatable bonds is 7. The van der Waals surface area contributed by atoms with Gasteiger partial charge in [0.2, 0.25) is 5.91 Å². The van der Waals surface area contributed by atoms with E-state index in [9.17, 15) is 14.4 Å². The molecule has 0 radical (unpaired) electrons. The molecule has 1 amide bonds. The Labute approximate surface area is 166 Å². The van der Waals surface area contributed by atoms with E-state index in [1.54, 1.807) is 0 Å². The van der Waals surface area contributed by atoms with Crippen molar-refractivity contribution < 1.29 is 24.6 Å². The van der Waals surface area contributed by atoms with Gasteiger partial charge < -0.3 is 27.0 Å². The maximum Gasteiger partial charge on any atom is 0.335 e. The summed E-state index contributed by atoms with van der Waals surface area (Å²) in [5.41, 5.74) is 10.5. The number of nitrogens with one attached hydrogen (secondary N) is 1. The number of hydrogen-bond donors (Lipinski definition) is 5. The second-order valence-electron chi connectivity index (χ2n) is 6.34. The molecule has 1 aliphatic heterocycles. The lowest BCUT2D eigenvalue weighted by molar-refractivity contribution is -0.120. The van der Waals surface area contributed by atoms with E-state index in [0.717, 1.165) is 57.8 Å². The summed E-state index contributed by atoms with van der Waals surface area (Å²) in [7, 11) is 0. The van der Waals surface area contributed by atoms with Gasteiger partial charge in [-0.1, -0.05) is 25.3 Å². The average Bonchev–Trinajstić information content (AvgIpc) is 2.94. The lowest BCUT2D eigenvalue weighted by atomic mass is 10.1. The van der Waals surface area contributed by atoms with Gasteiger partial charge >= 0.3 is 11.9 Å². The number of carbonyl (C=O) groups excluding carboxylic acids is 1. The van der Waals surface area contributed by atoms with Crippen molar-refractivity contribution in [2.24, 2.45) is 11.5 Å². The lowest BCUT2D eigenvalue weighted by Crippen LogP contribution is -2.21. The van der Waals surface area contributed by atoms with Crippen LogP contribution in [0.1, 0.15) is 72.1 Å². The van der Waals surface area contributed by atoms with Crippen molar-refractivity contribution >= 4 is 17.8 Å². The van der Waals surface area contributed by atoms with Crippen LogP contribution in [-0.2, 0) is 4.79 Å². The Morgan fingerprint density at radius 3 is 1.89 bits per heavy atom. The summed E-state index contributed by atoms with van der Waals surface area (Å²) in [4.78, 5) is 31.3. The number of carboxylic acids is 2. The van der Waals surface area contributed by atoms with Gasteiger partial charge in [-0.25, -0.2) is 9.59 Å². The maximum absolute atomic E-state index is 10.6. The molecule has 1 fully saturated rings. The number of benzene rings is 1. The van der Waals surface area contributed by atoms with Crippen molar-refractivity contribution in [3.63, 3.8) is 0 Å². The van der Waals surface area contributed by atoms with Gasteiger partial charge in [0, 0.05) is 13.0 Å². The Hall–Kier alpha value is -2.45. The van der Waals surface area contributed by atoms with E-state index >= 15 is 0 Å². The third kappa shape index (κ3) is 13.7. The fourth-order valence-corrected chi connectivity index (χ4v) is 2.33. The van der Waals surface area contributed by atoms with Crippen LogP contribution in [0.4, 0.5) is 0 Å². The van der Waals surface area contributed by atoms with Crippen molar-refractivity contribution in [3.8, 4) is 0 Å². The van der Waals surface area contributed by atoms with Crippen LogP contribution in [0.5, 0.6) is 0 Å². The van der Waals surface area contributed by atoms with Gasteiger partial charge in [-0.05, 0) is 57.0 Å². The first-order chi connectivity index (χ1) is 13.4. The zero-order valence-corrected chi connectivity index (χ0v) is 16.4. The molecule has 1 aliphatic rings. The molecule has 0 bridgehead atoms. The molecule has 1 aromatic carbocycles. The van der Waals surface area contributed by atoms with Crippen LogP contribution in [0.3, 0.4) is 0 Å². The average molecular weight is 396 g/mol. The van der Waals surface area contributed by atoms with Crippen LogP contribution in [-0.4, -0.2) is 47.7 Å². The van der Waals surface area contributed by atoms with E-state index in [1.165, 1.54) is 37.5 Å². The molecule has 158 valence electrons. The number of carbonyl (C=O) groups is 3. The van der Waals surface area contributed by atoms with Crippen LogP contribution in [0.25, 0.3) is 0 Å². The minimum absolute atomic E-state index is 0.0186. The third-order valence-corrected chi connectivity index (χ3v) is 3.92. The first-order valence-corrected chi connectivity index (χ1v) is 9.65. The Bertz CT molecular complexity index is 548. The molecule has 1 heterocycles. The third-order valence-electron chi connectivity index (χ3n) is 3.92. The zero-order chi connectivity index (χ0) is 21.2. The first-order valence-electron chi connectivity index (χ1n) is 9.65.